The highest BCUT2D eigenvalue weighted by molar-refractivity contribution is 5.96. The van der Waals surface area contributed by atoms with Crippen LogP contribution in [0.25, 0.3) is 0 Å². The van der Waals surface area contributed by atoms with Gasteiger partial charge >= 0.3 is 5.97 Å². The summed E-state index contributed by atoms with van der Waals surface area (Å²) in [7, 11) is 0. The van der Waals surface area contributed by atoms with Gasteiger partial charge in [0.25, 0.3) is 0 Å². The Morgan fingerprint density at radius 3 is 1.94 bits per heavy atom. The lowest BCUT2D eigenvalue weighted by Crippen LogP contribution is -2.16. The number of Topliss-reactive ketones (excluding diaryl/α,β-unsaturated/α-hetero) is 1. The van der Waals surface area contributed by atoms with Crippen LogP contribution < -0.4 is 0 Å². The fraction of sp³-hybridized carbons (Fsp3) is 0.429. The molecule has 0 aliphatic rings. The molecule has 0 saturated heterocycles. The minimum atomic E-state index is -0.325. The summed E-state index contributed by atoms with van der Waals surface area (Å²) in [6.45, 7) is 5.47. The van der Waals surface area contributed by atoms with Crippen LogP contribution >= 0.6 is 0 Å². The van der Waals surface area contributed by atoms with E-state index >= 15 is 0 Å². The second-order valence-electron chi connectivity index (χ2n) is 3.98. The van der Waals surface area contributed by atoms with Gasteiger partial charge in [0.05, 0.1) is 5.56 Å². The van der Waals surface area contributed by atoms with Crippen molar-refractivity contribution in [2.24, 2.45) is 0 Å². The van der Waals surface area contributed by atoms with Gasteiger partial charge < -0.3 is 4.74 Å². The summed E-state index contributed by atoms with van der Waals surface area (Å²) >= 11 is 0. The van der Waals surface area contributed by atoms with Gasteiger partial charge in [-0.2, -0.15) is 0 Å². The fourth-order valence-electron chi connectivity index (χ4n) is 1.52. The predicted molar refractivity (Wildman–Crippen MR) is 66.2 cm³/mol. The van der Waals surface area contributed by atoms with Crippen molar-refractivity contribution in [3.63, 3.8) is 0 Å². The Morgan fingerprint density at radius 2 is 1.53 bits per heavy atom. The van der Waals surface area contributed by atoms with Crippen molar-refractivity contribution < 1.29 is 14.3 Å². The van der Waals surface area contributed by atoms with Crippen molar-refractivity contribution in [3.8, 4) is 0 Å². The smallest absolute Gasteiger partial charge is 0.338 e. The number of carbonyl (C=O) groups is 2. The monoisotopic (exact) mass is 234 g/mol. The zero-order valence-electron chi connectivity index (χ0n) is 10.5. The number of carbonyl (C=O) groups excluding carboxylic acids is 2. The molecule has 1 aromatic rings. The zero-order valence-corrected chi connectivity index (χ0v) is 10.5. The largest absolute Gasteiger partial charge is 0.459 e. The van der Waals surface area contributed by atoms with Crippen molar-refractivity contribution >= 4 is 11.8 Å². The number of benzene rings is 1. The Morgan fingerprint density at radius 1 is 1.06 bits per heavy atom. The lowest BCUT2D eigenvalue weighted by atomic mass is 10.1. The van der Waals surface area contributed by atoms with Crippen LogP contribution in [0.2, 0.25) is 0 Å². The van der Waals surface area contributed by atoms with Crippen LogP contribution in [-0.2, 0) is 4.74 Å². The Labute approximate surface area is 102 Å². The van der Waals surface area contributed by atoms with E-state index < -0.39 is 0 Å². The quantitative estimate of drug-likeness (QED) is 0.580. The normalized spacial score (nSPS) is 10.4. The maximum absolute atomic E-state index is 11.7. The molecule has 0 amide bonds. The lowest BCUT2D eigenvalue weighted by molar-refractivity contribution is 0.0284. The number of rotatable bonds is 5. The minimum absolute atomic E-state index is 0.00934. The van der Waals surface area contributed by atoms with Gasteiger partial charge in [-0.3, -0.25) is 4.79 Å². The molecular formula is C14H18O3. The topological polar surface area (TPSA) is 43.4 Å². The standard InChI is InChI=1S/C14H18O3/c1-4-13(5-2)17-14(16)12-8-6-11(7-9-12)10(3)15/h6-9,13H,4-5H2,1-3H3. The molecule has 0 heterocycles. The SMILES string of the molecule is CCC(CC)OC(=O)c1ccc(C(C)=O)cc1. The van der Waals surface area contributed by atoms with Gasteiger partial charge in [-0.1, -0.05) is 26.0 Å². The van der Waals surface area contributed by atoms with E-state index in [2.05, 4.69) is 0 Å². The van der Waals surface area contributed by atoms with Gasteiger partial charge in [0.2, 0.25) is 0 Å². The van der Waals surface area contributed by atoms with E-state index in [0.29, 0.717) is 11.1 Å². The molecule has 0 unspecified atom stereocenters. The van der Waals surface area contributed by atoms with Crippen LogP contribution in [0.5, 0.6) is 0 Å². The van der Waals surface area contributed by atoms with Gasteiger partial charge in [0.1, 0.15) is 6.10 Å². The molecule has 0 spiro atoms. The van der Waals surface area contributed by atoms with E-state index in [9.17, 15) is 9.59 Å². The Bertz CT molecular complexity index is 388. The average Bonchev–Trinajstić information content (AvgIpc) is 2.35. The second-order valence-corrected chi connectivity index (χ2v) is 3.98. The Kier molecular flexibility index (Phi) is 4.88. The first-order valence-corrected chi connectivity index (χ1v) is 5.90. The van der Waals surface area contributed by atoms with E-state index in [1.807, 2.05) is 13.8 Å². The van der Waals surface area contributed by atoms with Crippen molar-refractivity contribution in [2.45, 2.75) is 39.7 Å². The van der Waals surface area contributed by atoms with E-state index in [4.69, 9.17) is 4.74 Å². The summed E-state index contributed by atoms with van der Waals surface area (Å²) in [6, 6.07) is 6.54. The fourth-order valence-corrected chi connectivity index (χ4v) is 1.52. The Hall–Kier alpha value is -1.64. The molecule has 0 bridgehead atoms. The van der Waals surface area contributed by atoms with Gasteiger partial charge in [0, 0.05) is 5.56 Å². The maximum Gasteiger partial charge on any atom is 0.338 e. The molecule has 0 atom stereocenters. The first-order valence-electron chi connectivity index (χ1n) is 5.90. The average molecular weight is 234 g/mol. The van der Waals surface area contributed by atoms with Crippen LogP contribution in [0, 0.1) is 0 Å². The van der Waals surface area contributed by atoms with Crippen LogP contribution in [0.3, 0.4) is 0 Å². The van der Waals surface area contributed by atoms with Gasteiger partial charge in [0.15, 0.2) is 5.78 Å². The third-order valence-electron chi connectivity index (χ3n) is 2.71. The lowest BCUT2D eigenvalue weighted by Gasteiger charge is -2.13. The van der Waals surface area contributed by atoms with Gasteiger partial charge in [-0.05, 0) is 31.9 Å². The van der Waals surface area contributed by atoms with Crippen LogP contribution in [0.1, 0.15) is 54.3 Å². The summed E-state index contributed by atoms with van der Waals surface area (Å²) in [5.74, 6) is -0.335. The molecule has 0 radical (unpaired) electrons. The molecule has 3 nitrogen and oxygen atoms in total. The molecular weight excluding hydrogens is 216 g/mol. The molecule has 0 aromatic heterocycles. The molecule has 0 saturated carbocycles. The molecule has 1 rings (SSSR count). The van der Waals surface area contributed by atoms with E-state index in [-0.39, 0.29) is 17.9 Å². The molecule has 92 valence electrons. The molecule has 0 N–H and O–H groups in total. The van der Waals surface area contributed by atoms with E-state index in [1.54, 1.807) is 24.3 Å². The molecule has 3 heteroatoms. The third kappa shape index (κ3) is 3.70. The van der Waals surface area contributed by atoms with E-state index in [0.717, 1.165) is 12.8 Å². The van der Waals surface area contributed by atoms with Crippen molar-refractivity contribution in [3.05, 3.63) is 35.4 Å². The van der Waals surface area contributed by atoms with Crippen LogP contribution in [0.15, 0.2) is 24.3 Å². The molecule has 0 fully saturated rings. The van der Waals surface area contributed by atoms with Gasteiger partial charge in [-0.25, -0.2) is 4.79 Å². The Balaban J connectivity index is 2.73. The summed E-state index contributed by atoms with van der Waals surface area (Å²) in [4.78, 5) is 22.8. The van der Waals surface area contributed by atoms with Gasteiger partial charge in [-0.15, -0.1) is 0 Å². The highest BCUT2D eigenvalue weighted by atomic mass is 16.5. The summed E-state index contributed by atoms with van der Waals surface area (Å²) in [5, 5.41) is 0. The zero-order chi connectivity index (χ0) is 12.8. The highest BCUT2D eigenvalue weighted by Gasteiger charge is 2.12. The maximum atomic E-state index is 11.7. The highest BCUT2D eigenvalue weighted by Crippen LogP contribution is 2.10. The van der Waals surface area contributed by atoms with Crippen LogP contribution in [0.4, 0.5) is 0 Å². The van der Waals surface area contributed by atoms with Crippen molar-refractivity contribution in [2.75, 3.05) is 0 Å². The number of hydrogen-bond donors (Lipinski definition) is 0. The van der Waals surface area contributed by atoms with Crippen molar-refractivity contribution in [1.82, 2.24) is 0 Å². The first-order chi connectivity index (χ1) is 8.08. The third-order valence-corrected chi connectivity index (χ3v) is 2.71. The molecule has 0 aliphatic heterocycles. The minimum Gasteiger partial charge on any atom is -0.459 e. The second kappa shape index (κ2) is 6.18. The number of ketones is 1. The first kappa shape index (κ1) is 13.4. The summed E-state index contributed by atoms with van der Waals surface area (Å²) in [6.07, 6.45) is 1.59. The van der Waals surface area contributed by atoms with Crippen molar-refractivity contribution in [1.29, 1.82) is 0 Å². The number of hydrogen-bond acceptors (Lipinski definition) is 3. The summed E-state index contributed by atoms with van der Waals surface area (Å²) < 4.78 is 5.31. The molecule has 0 aliphatic carbocycles. The molecule has 17 heavy (non-hydrogen) atoms. The predicted octanol–water partition coefficient (Wildman–Crippen LogP) is 3.23. The number of ether oxygens (including phenoxy) is 1. The summed E-state index contributed by atoms with van der Waals surface area (Å²) in [5.41, 5.74) is 1.09. The van der Waals surface area contributed by atoms with E-state index in [1.165, 1.54) is 6.92 Å². The number of esters is 1. The molecule has 1 aromatic carbocycles. The van der Waals surface area contributed by atoms with Crippen LogP contribution in [-0.4, -0.2) is 17.9 Å².